The van der Waals surface area contributed by atoms with Crippen molar-refractivity contribution in [3.05, 3.63) is 23.8 Å². The molecule has 0 fully saturated rings. The summed E-state index contributed by atoms with van der Waals surface area (Å²) < 4.78 is 0. The van der Waals surface area contributed by atoms with Gasteiger partial charge in [-0.1, -0.05) is 13.3 Å². The molecule has 0 aliphatic heterocycles. The summed E-state index contributed by atoms with van der Waals surface area (Å²) in [5.74, 6) is 0.408. The summed E-state index contributed by atoms with van der Waals surface area (Å²) in [6, 6.07) is 5.05. The maximum absolute atomic E-state index is 9.70. The monoisotopic (exact) mass is 223 g/mol. The van der Waals surface area contributed by atoms with Crippen molar-refractivity contribution in [1.29, 1.82) is 0 Å². The first-order valence-corrected chi connectivity index (χ1v) is 5.82. The molecule has 16 heavy (non-hydrogen) atoms. The van der Waals surface area contributed by atoms with E-state index in [1.54, 1.807) is 6.07 Å². The van der Waals surface area contributed by atoms with E-state index in [9.17, 15) is 10.2 Å². The summed E-state index contributed by atoms with van der Waals surface area (Å²) in [7, 11) is 0. The van der Waals surface area contributed by atoms with Crippen LogP contribution in [0.2, 0.25) is 0 Å². The van der Waals surface area contributed by atoms with E-state index in [1.807, 2.05) is 6.92 Å². The fourth-order valence-corrected chi connectivity index (χ4v) is 1.92. The summed E-state index contributed by atoms with van der Waals surface area (Å²) in [6.45, 7) is 6.26. The van der Waals surface area contributed by atoms with Crippen LogP contribution in [0.4, 0.5) is 0 Å². The zero-order valence-corrected chi connectivity index (χ0v) is 10.2. The number of phenolic OH excluding ortho intramolecular Hbond substituents is 2. The van der Waals surface area contributed by atoms with Crippen molar-refractivity contribution < 1.29 is 10.2 Å². The number of nitrogens with one attached hydrogen (secondary N) is 1. The minimum absolute atomic E-state index is 0.0358. The third-order valence-corrected chi connectivity index (χ3v) is 2.73. The Balaban J connectivity index is 2.72. The second-order valence-electron chi connectivity index (χ2n) is 4.32. The maximum Gasteiger partial charge on any atom is 0.120 e. The van der Waals surface area contributed by atoms with Crippen molar-refractivity contribution >= 4 is 0 Å². The van der Waals surface area contributed by atoms with E-state index in [4.69, 9.17) is 0 Å². The highest BCUT2D eigenvalue weighted by Gasteiger charge is 2.13. The molecular weight excluding hydrogens is 202 g/mol. The van der Waals surface area contributed by atoms with Crippen molar-refractivity contribution in [3.8, 4) is 11.5 Å². The van der Waals surface area contributed by atoms with Gasteiger partial charge in [0.1, 0.15) is 11.5 Å². The Bertz CT molecular complexity index is 339. The lowest BCUT2D eigenvalue weighted by molar-refractivity contribution is 0.417. The SMILES string of the molecule is CCCC(C)NC(C)c1cc(O)ccc1O. The third-order valence-electron chi connectivity index (χ3n) is 2.73. The summed E-state index contributed by atoms with van der Waals surface area (Å²) in [5, 5.41) is 22.5. The molecule has 3 heteroatoms. The molecule has 2 unspecified atom stereocenters. The Morgan fingerprint density at radius 3 is 2.56 bits per heavy atom. The lowest BCUT2D eigenvalue weighted by Crippen LogP contribution is -2.28. The standard InChI is InChI=1S/C13H21NO2/c1-4-5-9(2)14-10(3)12-8-11(15)6-7-13(12)16/h6-10,14-16H,4-5H2,1-3H3. The molecule has 1 aromatic rings. The fourth-order valence-electron chi connectivity index (χ4n) is 1.92. The molecule has 0 amide bonds. The average molecular weight is 223 g/mol. The highest BCUT2D eigenvalue weighted by atomic mass is 16.3. The van der Waals surface area contributed by atoms with Gasteiger partial charge < -0.3 is 15.5 Å². The minimum atomic E-state index is 0.0358. The predicted octanol–water partition coefficient (Wildman–Crippen LogP) is 2.94. The fraction of sp³-hybridized carbons (Fsp3) is 0.538. The van der Waals surface area contributed by atoms with Crippen LogP contribution >= 0.6 is 0 Å². The normalized spacial score (nSPS) is 14.7. The van der Waals surface area contributed by atoms with Gasteiger partial charge >= 0.3 is 0 Å². The summed E-state index contributed by atoms with van der Waals surface area (Å²) in [4.78, 5) is 0. The molecule has 0 bridgehead atoms. The second-order valence-corrected chi connectivity index (χ2v) is 4.32. The zero-order valence-electron chi connectivity index (χ0n) is 10.2. The molecule has 0 heterocycles. The van der Waals surface area contributed by atoms with Crippen molar-refractivity contribution in [1.82, 2.24) is 5.32 Å². The second kappa shape index (κ2) is 5.75. The smallest absolute Gasteiger partial charge is 0.120 e. The van der Waals surface area contributed by atoms with Gasteiger partial charge in [0.05, 0.1) is 0 Å². The van der Waals surface area contributed by atoms with E-state index in [0.717, 1.165) is 18.4 Å². The third kappa shape index (κ3) is 3.42. The van der Waals surface area contributed by atoms with Gasteiger partial charge in [0.2, 0.25) is 0 Å². The number of benzene rings is 1. The zero-order chi connectivity index (χ0) is 12.1. The predicted molar refractivity (Wildman–Crippen MR) is 65.7 cm³/mol. The molecular formula is C13H21NO2. The van der Waals surface area contributed by atoms with E-state index in [0.29, 0.717) is 6.04 Å². The van der Waals surface area contributed by atoms with Gasteiger partial charge in [-0.15, -0.1) is 0 Å². The lowest BCUT2D eigenvalue weighted by Gasteiger charge is -2.20. The van der Waals surface area contributed by atoms with Crippen LogP contribution in [0.15, 0.2) is 18.2 Å². The molecule has 0 spiro atoms. The number of hydrogen-bond acceptors (Lipinski definition) is 3. The Labute approximate surface area is 97.1 Å². The molecule has 3 nitrogen and oxygen atoms in total. The average Bonchev–Trinajstić information content (AvgIpc) is 2.21. The van der Waals surface area contributed by atoms with Crippen molar-refractivity contribution in [2.45, 2.75) is 45.7 Å². The lowest BCUT2D eigenvalue weighted by atomic mass is 10.0. The van der Waals surface area contributed by atoms with Crippen LogP contribution in [0.1, 0.15) is 45.2 Å². The quantitative estimate of drug-likeness (QED) is 0.673. The molecule has 1 rings (SSSR count). The Hall–Kier alpha value is -1.22. The molecule has 1 aromatic carbocycles. The van der Waals surface area contributed by atoms with Gasteiger partial charge in [0.15, 0.2) is 0 Å². The molecule has 0 aromatic heterocycles. The van der Waals surface area contributed by atoms with Crippen LogP contribution in [0.5, 0.6) is 11.5 Å². The van der Waals surface area contributed by atoms with Crippen LogP contribution in [-0.4, -0.2) is 16.3 Å². The first-order chi connectivity index (χ1) is 7.54. The Kier molecular flexibility index (Phi) is 4.62. The van der Waals surface area contributed by atoms with Crippen molar-refractivity contribution in [2.24, 2.45) is 0 Å². The minimum Gasteiger partial charge on any atom is -0.508 e. The molecule has 0 radical (unpaired) electrons. The Morgan fingerprint density at radius 1 is 1.25 bits per heavy atom. The summed E-state index contributed by atoms with van der Waals surface area (Å²) in [5.41, 5.74) is 0.739. The van der Waals surface area contributed by atoms with E-state index < -0.39 is 0 Å². The van der Waals surface area contributed by atoms with Crippen LogP contribution in [0.25, 0.3) is 0 Å². The van der Waals surface area contributed by atoms with Gasteiger partial charge in [0, 0.05) is 17.6 Å². The number of aromatic hydroxyl groups is 2. The van der Waals surface area contributed by atoms with Crippen molar-refractivity contribution in [3.63, 3.8) is 0 Å². The van der Waals surface area contributed by atoms with E-state index in [-0.39, 0.29) is 17.5 Å². The largest absolute Gasteiger partial charge is 0.508 e. The molecule has 2 atom stereocenters. The highest BCUT2D eigenvalue weighted by molar-refractivity contribution is 5.40. The van der Waals surface area contributed by atoms with Crippen LogP contribution in [0.3, 0.4) is 0 Å². The molecule has 3 N–H and O–H groups in total. The molecule has 0 saturated heterocycles. The summed E-state index contributed by atoms with van der Waals surface area (Å²) in [6.07, 6.45) is 2.23. The van der Waals surface area contributed by atoms with Gasteiger partial charge in [-0.3, -0.25) is 0 Å². The molecule has 0 aliphatic carbocycles. The maximum atomic E-state index is 9.70. The van der Waals surface area contributed by atoms with Crippen LogP contribution < -0.4 is 5.32 Å². The molecule has 90 valence electrons. The molecule has 0 aliphatic rings. The van der Waals surface area contributed by atoms with Crippen LogP contribution in [0, 0.1) is 0 Å². The number of hydrogen-bond donors (Lipinski definition) is 3. The highest BCUT2D eigenvalue weighted by Crippen LogP contribution is 2.28. The van der Waals surface area contributed by atoms with Crippen LogP contribution in [-0.2, 0) is 0 Å². The Morgan fingerprint density at radius 2 is 1.94 bits per heavy atom. The van der Waals surface area contributed by atoms with Gasteiger partial charge in [-0.25, -0.2) is 0 Å². The molecule has 0 saturated carbocycles. The van der Waals surface area contributed by atoms with E-state index in [1.165, 1.54) is 12.1 Å². The van der Waals surface area contributed by atoms with E-state index in [2.05, 4.69) is 19.2 Å². The number of rotatable bonds is 5. The van der Waals surface area contributed by atoms with Gasteiger partial charge in [0.25, 0.3) is 0 Å². The first kappa shape index (κ1) is 12.8. The van der Waals surface area contributed by atoms with Crippen molar-refractivity contribution in [2.75, 3.05) is 0 Å². The number of phenols is 2. The topological polar surface area (TPSA) is 52.5 Å². The van der Waals surface area contributed by atoms with E-state index >= 15 is 0 Å². The van der Waals surface area contributed by atoms with Gasteiger partial charge in [-0.2, -0.15) is 0 Å². The summed E-state index contributed by atoms with van der Waals surface area (Å²) >= 11 is 0. The van der Waals surface area contributed by atoms with Gasteiger partial charge in [-0.05, 0) is 38.5 Å². The first-order valence-electron chi connectivity index (χ1n) is 5.82.